The molecule has 1 atom stereocenters. The third-order valence-electron chi connectivity index (χ3n) is 3.68. The van der Waals surface area contributed by atoms with Crippen molar-refractivity contribution in [3.8, 4) is 0 Å². The van der Waals surface area contributed by atoms with Crippen LogP contribution in [-0.2, 0) is 24.5 Å². The fourth-order valence-electron chi connectivity index (χ4n) is 2.03. The first kappa shape index (κ1) is 19.6. The lowest BCUT2D eigenvalue weighted by Gasteiger charge is -2.23. The molecule has 0 unspecified atom stereocenters. The molecule has 1 aromatic rings. The number of nitrogens with two attached hydrogens (primary N) is 1. The molecule has 0 bridgehead atoms. The molecule has 0 aliphatic heterocycles. The second-order valence-corrected chi connectivity index (χ2v) is 5.95. The highest BCUT2D eigenvalue weighted by molar-refractivity contribution is 5.91. The number of amides is 1. The van der Waals surface area contributed by atoms with Gasteiger partial charge in [0.15, 0.2) is 0 Å². The van der Waals surface area contributed by atoms with E-state index < -0.39 is 17.4 Å². The molecule has 1 rings (SSSR count). The molecule has 0 aromatic heterocycles. The van der Waals surface area contributed by atoms with E-state index in [0.717, 1.165) is 5.56 Å². The summed E-state index contributed by atoms with van der Waals surface area (Å²) < 4.78 is 5.06. The Kier molecular flexibility index (Phi) is 6.91. The third-order valence-corrected chi connectivity index (χ3v) is 3.68. The highest BCUT2D eigenvalue weighted by atomic mass is 16.5. The van der Waals surface area contributed by atoms with E-state index in [2.05, 4.69) is 5.32 Å². The first-order chi connectivity index (χ1) is 11.2. The van der Waals surface area contributed by atoms with E-state index in [9.17, 15) is 14.4 Å². The summed E-state index contributed by atoms with van der Waals surface area (Å²) >= 11 is 0. The molecule has 7 nitrogen and oxygen atoms in total. The van der Waals surface area contributed by atoms with Crippen molar-refractivity contribution in [1.29, 1.82) is 0 Å². The Hall–Kier alpha value is -2.41. The second-order valence-electron chi connectivity index (χ2n) is 5.95. The number of hydrogen-bond donors (Lipinski definition) is 3. The zero-order valence-corrected chi connectivity index (χ0v) is 14.2. The van der Waals surface area contributed by atoms with Gasteiger partial charge in [-0.05, 0) is 44.9 Å². The number of aliphatic carboxylic acids is 1. The highest BCUT2D eigenvalue weighted by Crippen LogP contribution is 2.26. The average Bonchev–Trinajstić information content (AvgIpc) is 2.53. The number of rotatable bonds is 8. The van der Waals surface area contributed by atoms with Crippen molar-refractivity contribution in [3.05, 3.63) is 29.8 Å². The van der Waals surface area contributed by atoms with Gasteiger partial charge in [0, 0.05) is 12.1 Å². The number of nitrogens with one attached hydrogen (secondary N) is 1. The van der Waals surface area contributed by atoms with E-state index in [1.807, 2.05) is 0 Å². The fourth-order valence-corrected chi connectivity index (χ4v) is 2.03. The first-order valence-electron chi connectivity index (χ1n) is 7.74. The molecule has 7 heteroatoms. The molecule has 24 heavy (non-hydrogen) atoms. The standard InChI is InChI=1S/C17H24N2O5/c1-4-24-16(23)17(2,3)11-5-7-12(8-6-11)19-14(20)10-9-13(18)15(21)22/h5-8,13H,4,9-10,18H2,1-3H3,(H,19,20)(H,21,22)/t13-/m0/s1. The Morgan fingerprint density at radius 2 is 1.83 bits per heavy atom. The Morgan fingerprint density at radius 3 is 2.33 bits per heavy atom. The Morgan fingerprint density at radius 1 is 1.25 bits per heavy atom. The largest absolute Gasteiger partial charge is 0.480 e. The molecular formula is C17H24N2O5. The highest BCUT2D eigenvalue weighted by Gasteiger charge is 2.31. The molecule has 1 aromatic carbocycles. The van der Waals surface area contributed by atoms with E-state index in [1.165, 1.54) is 0 Å². The minimum Gasteiger partial charge on any atom is -0.480 e. The number of carbonyl (C=O) groups excluding carboxylic acids is 2. The Balaban J connectivity index is 2.66. The van der Waals surface area contributed by atoms with E-state index >= 15 is 0 Å². The lowest BCUT2D eigenvalue weighted by atomic mass is 9.84. The predicted molar refractivity (Wildman–Crippen MR) is 89.6 cm³/mol. The van der Waals surface area contributed by atoms with Crippen LogP contribution in [0, 0.1) is 0 Å². The number of benzene rings is 1. The molecule has 0 aliphatic rings. The maximum Gasteiger partial charge on any atom is 0.320 e. The fraction of sp³-hybridized carbons (Fsp3) is 0.471. The molecule has 0 radical (unpaired) electrons. The minimum absolute atomic E-state index is 0.0174. The lowest BCUT2D eigenvalue weighted by Crippen LogP contribution is -2.31. The smallest absolute Gasteiger partial charge is 0.320 e. The van der Waals surface area contributed by atoms with Crippen LogP contribution in [0.1, 0.15) is 39.2 Å². The summed E-state index contributed by atoms with van der Waals surface area (Å²) in [6.07, 6.45) is 0.0820. The summed E-state index contributed by atoms with van der Waals surface area (Å²) in [4.78, 5) is 34.4. The van der Waals surface area contributed by atoms with Gasteiger partial charge in [-0.25, -0.2) is 0 Å². The summed E-state index contributed by atoms with van der Waals surface area (Å²) in [5, 5.41) is 11.3. The maximum atomic E-state index is 12.0. The van der Waals surface area contributed by atoms with Gasteiger partial charge in [0.1, 0.15) is 6.04 Å². The van der Waals surface area contributed by atoms with Crippen molar-refractivity contribution in [1.82, 2.24) is 0 Å². The summed E-state index contributed by atoms with van der Waals surface area (Å²) in [7, 11) is 0. The lowest BCUT2D eigenvalue weighted by molar-refractivity contribution is -0.148. The van der Waals surface area contributed by atoms with Gasteiger partial charge >= 0.3 is 11.9 Å². The van der Waals surface area contributed by atoms with E-state index in [-0.39, 0.29) is 24.7 Å². The zero-order valence-electron chi connectivity index (χ0n) is 14.2. The predicted octanol–water partition coefficient (Wildman–Crippen LogP) is 1.66. The van der Waals surface area contributed by atoms with Gasteiger partial charge in [0.25, 0.3) is 0 Å². The van der Waals surface area contributed by atoms with Crippen LogP contribution in [0.15, 0.2) is 24.3 Å². The third kappa shape index (κ3) is 5.34. The molecular weight excluding hydrogens is 312 g/mol. The summed E-state index contributed by atoms with van der Waals surface area (Å²) in [6, 6.07) is 5.81. The van der Waals surface area contributed by atoms with Crippen molar-refractivity contribution < 1.29 is 24.2 Å². The number of carboxylic acid groups (broad SMARTS) is 1. The topological polar surface area (TPSA) is 119 Å². The van der Waals surface area contributed by atoms with Crippen LogP contribution in [0.4, 0.5) is 5.69 Å². The molecule has 0 aliphatic carbocycles. The van der Waals surface area contributed by atoms with Gasteiger partial charge in [0.05, 0.1) is 12.0 Å². The normalized spacial score (nSPS) is 12.3. The maximum absolute atomic E-state index is 12.0. The minimum atomic E-state index is -1.13. The van der Waals surface area contributed by atoms with Crippen LogP contribution < -0.4 is 11.1 Å². The van der Waals surface area contributed by atoms with Crippen LogP contribution in [0.5, 0.6) is 0 Å². The SMILES string of the molecule is CCOC(=O)C(C)(C)c1ccc(NC(=O)CC[C@H](N)C(=O)O)cc1. The van der Waals surface area contributed by atoms with Crippen molar-refractivity contribution in [2.24, 2.45) is 5.73 Å². The molecule has 4 N–H and O–H groups in total. The summed E-state index contributed by atoms with van der Waals surface area (Å²) in [5.41, 5.74) is 5.90. The van der Waals surface area contributed by atoms with Gasteiger partial charge in [-0.3, -0.25) is 14.4 Å². The number of ether oxygens (including phenoxy) is 1. The molecule has 0 heterocycles. The van der Waals surface area contributed by atoms with E-state index in [4.69, 9.17) is 15.6 Å². The van der Waals surface area contributed by atoms with E-state index in [1.54, 1.807) is 45.0 Å². The van der Waals surface area contributed by atoms with Crippen LogP contribution in [0.2, 0.25) is 0 Å². The second kappa shape index (κ2) is 8.44. The number of esters is 1. The van der Waals surface area contributed by atoms with Gasteiger partial charge in [-0.15, -0.1) is 0 Å². The summed E-state index contributed by atoms with van der Waals surface area (Å²) in [6.45, 7) is 5.61. The quantitative estimate of drug-likeness (QED) is 0.621. The molecule has 0 spiro atoms. The monoisotopic (exact) mass is 336 g/mol. The summed E-state index contributed by atoms with van der Waals surface area (Å²) in [5.74, 6) is -1.76. The molecule has 0 fully saturated rings. The molecule has 0 saturated heterocycles. The van der Waals surface area contributed by atoms with Crippen molar-refractivity contribution in [2.45, 2.75) is 45.1 Å². The Bertz CT molecular complexity index is 596. The van der Waals surface area contributed by atoms with Crippen LogP contribution in [0.3, 0.4) is 0 Å². The van der Waals surface area contributed by atoms with Crippen molar-refractivity contribution in [3.63, 3.8) is 0 Å². The van der Waals surface area contributed by atoms with Crippen molar-refractivity contribution >= 4 is 23.5 Å². The Labute approximate surface area is 141 Å². The van der Waals surface area contributed by atoms with Crippen molar-refractivity contribution in [2.75, 3.05) is 11.9 Å². The van der Waals surface area contributed by atoms with Gasteiger partial charge in [-0.1, -0.05) is 12.1 Å². The van der Waals surface area contributed by atoms with Gasteiger partial charge < -0.3 is 20.9 Å². The number of hydrogen-bond acceptors (Lipinski definition) is 5. The average molecular weight is 336 g/mol. The molecule has 132 valence electrons. The van der Waals surface area contributed by atoms with Crippen LogP contribution in [0.25, 0.3) is 0 Å². The van der Waals surface area contributed by atoms with Gasteiger partial charge in [-0.2, -0.15) is 0 Å². The zero-order chi connectivity index (χ0) is 18.3. The molecule has 1 amide bonds. The number of carboxylic acids is 1. The van der Waals surface area contributed by atoms with Crippen LogP contribution in [-0.4, -0.2) is 35.6 Å². The number of carbonyl (C=O) groups is 3. The van der Waals surface area contributed by atoms with Crippen LogP contribution >= 0.6 is 0 Å². The van der Waals surface area contributed by atoms with E-state index in [0.29, 0.717) is 12.3 Å². The molecule has 0 saturated carbocycles. The van der Waals surface area contributed by atoms with Gasteiger partial charge in [0.2, 0.25) is 5.91 Å². The number of anilines is 1. The first-order valence-corrected chi connectivity index (χ1v) is 7.74.